The summed E-state index contributed by atoms with van der Waals surface area (Å²) in [5.74, 6) is -0.254. The lowest BCUT2D eigenvalue weighted by Gasteiger charge is -1.99. The number of aryl methyl sites for hydroxylation is 1. The zero-order chi connectivity index (χ0) is 15.5. The van der Waals surface area contributed by atoms with Crippen LogP contribution in [0.4, 0.5) is 0 Å². The molecule has 0 spiro atoms. The zero-order valence-corrected chi connectivity index (χ0v) is 12.2. The molecule has 1 aromatic heterocycles. The van der Waals surface area contributed by atoms with Crippen LogP contribution >= 0.6 is 0 Å². The topological polar surface area (TPSA) is 45.8 Å². The Morgan fingerprint density at radius 2 is 1.77 bits per heavy atom. The first-order chi connectivity index (χ1) is 10.7. The molecule has 0 saturated heterocycles. The van der Waals surface area contributed by atoms with Crippen LogP contribution in [-0.2, 0) is 7.05 Å². The van der Waals surface area contributed by atoms with Gasteiger partial charge in [0.25, 0.3) is 0 Å². The fourth-order valence-corrected chi connectivity index (χ4v) is 2.54. The van der Waals surface area contributed by atoms with E-state index in [4.69, 9.17) is 0 Å². The highest BCUT2D eigenvalue weighted by atomic mass is 16.1. The molecule has 0 aliphatic carbocycles. The van der Waals surface area contributed by atoms with Crippen molar-refractivity contribution in [2.45, 2.75) is 0 Å². The van der Waals surface area contributed by atoms with Crippen molar-refractivity contribution in [2.75, 3.05) is 0 Å². The number of hydrogen-bond acceptors (Lipinski definition) is 2. The molecule has 0 unspecified atom stereocenters. The highest BCUT2D eigenvalue weighted by Crippen LogP contribution is 2.23. The molecule has 0 amide bonds. The van der Waals surface area contributed by atoms with Gasteiger partial charge in [0.15, 0.2) is 0 Å². The molecular weight excluding hydrogens is 272 g/mol. The maximum Gasteiger partial charge on any atom is 0.203 e. The van der Waals surface area contributed by atoms with E-state index in [1.807, 2.05) is 54.2 Å². The minimum Gasteiger partial charge on any atom is -0.350 e. The van der Waals surface area contributed by atoms with E-state index < -0.39 is 0 Å². The maximum absolute atomic E-state index is 12.4. The molecule has 3 heteroatoms. The van der Waals surface area contributed by atoms with Gasteiger partial charge < -0.3 is 4.57 Å². The van der Waals surface area contributed by atoms with Crippen molar-refractivity contribution in [2.24, 2.45) is 7.05 Å². The summed E-state index contributed by atoms with van der Waals surface area (Å²) in [6, 6.07) is 18.8. The van der Waals surface area contributed by atoms with Gasteiger partial charge in [-0.15, -0.1) is 0 Å². The van der Waals surface area contributed by atoms with Crippen molar-refractivity contribution >= 4 is 22.8 Å². The summed E-state index contributed by atoms with van der Waals surface area (Å²) in [5.41, 5.74) is 2.61. The molecule has 0 N–H and O–H groups in total. The molecule has 3 aromatic rings. The Kier molecular flexibility index (Phi) is 3.59. The van der Waals surface area contributed by atoms with Crippen molar-refractivity contribution in [3.63, 3.8) is 0 Å². The van der Waals surface area contributed by atoms with E-state index in [9.17, 15) is 10.1 Å². The van der Waals surface area contributed by atoms with Gasteiger partial charge in [-0.25, -0.2) is 0 Å². The number of allylic oxidation sites excluding steroid dienone is 1. The van der Waals surface area contributed by atoms with Gasteiger partial charge in [0, 0.05) is 35.3 Å². The molecule has 2 aromatic carbocycles. The molecule has 0 bridgehead atoms. The van der Waals surface area contributed by atoms with Gasteiger partial charge in [0.05, 0.1) is 0 Å². The fourth-order valence-electron chi connectivity index (χ4n) is 2.54. The van der Waals surface area contributed by atoms with E-state index in [2.05, 4.69) is 0 Å². The molecule has 0 atom stereocenters. The van der Waals surface area contributed by atoms with Crippen molar-refractivity contribution in [3.8, 4) is 6.07 Å². The molecule has 1 heterocycles. The van der Waals surface area contributed by atoms with E-state index >= 15 is 0 Å². The molecular formula is C19H14N2O. The maximum atomic E-state index is 12.4. The average Bonchev–Trinajstić information content (AvgIpc) is 2.89. The number of fused-ring (bicyclic) bond motifs is 1. The van der Waals surface area contributed by atoms with Gasteiger partial charge in [0.1, 0.15) is 11.6 Å². The Morgan fingerprint density at radius 3 is 2.50 bits per heavy atom. The molecule has 0 fully saturated rings. The number of carbonyl (C=O) groups is 1. The van der Waals surface area contributed by atoms with Crippen molar-refractivity contribution < 1.29 is 4.79 Å². The van der Waals surface area contributed by atoms with Crippen molar-refractivity contribution in [1.82, 2.24) is 4.57 Å². The summed E-state index contributed by atoms with van der Waals surface area (Å²) in [4.78, 5) is 12.4. The lowest BCUT2D eigenvalue weighted by Crippen LogP contribution is -2.01. The fraction of sp³-hybridized carbons (Fsp3) is 0.0526. The van der Waals surface area contributed by atoms with Crippen LogP contribution in [0.5, 0.6) is 0 Å². The minimum absolute atomic E-state index is 0.141. The van der Waals surface area contributed by atoms with Gasteiger partial charge in [-0.3, -0.25) is 4.79 Å². The van der Waals surface area contributed by atoms with Crippen molar-refractivity contribution in [1.29, 1.82) is 5.26 Å². The lowest BCUT2D eigenvalue weighted by atomic mass is 10.0. The molecule has 0 aliphatic rings. The van der Waals surface area contributed by atoms with Crippen molar-refractivity contribution in [3.05, 3.63) is 77.5 Å². The summed E-state index contributed by atoms with van der Waals surface area (Å²) in [5, 5.41) is 10.4. The van der Waals surface area contributed by atoms with Crippen LogP contribution in [0.3, 0.4) is 0 Å². The van der Waals surface area contributed by atoms with Gasteiger partial charge in [-0.05, 0) is 12.1 Å². The second-order valence-corrected chi connectivity index (χ2v) is 5.08. The van der Waals surface area contributed by atoms with Crippen LogP contribution < -0.4 is 0 Å². The Labute approximate surface area is 128 Å². The van der Waals surface area contributed by atoms with E-state index in [1.165, 1.54) is 0 Å². The van der Waals surface area contributed by atoms with Crippen LogP contribution in [0.2, 0.25) is 0 Å². The smallest absolute Gasteiger partial charge is 0.203 e. The number of nitrogens with zero attached hydrogens (tertiary/aromatic N) is 2. The number of benzene rings is 2. The Hall–Kier alpha value is -3.12. The highest BCUT2D eigenvalue weighted by molar-refractivity contribution is 6.14. The average molecular weight is 286 g/mol. The molecule has 22 heavy (non-hydrogen) atoms. The summed E-state index contributed by atoms with van der Waals surface area (Å²) >= 11 is 0. The van der Waals surface area contributed by atoms with E-state index in [1.54, 1.807) is 30.3 Å². The second kappa shape index (κ2) is 5.71. The number of nitriles is 1. The lowest BCUT2D eigenvalue weighted by molar-refractivity contribution is 0.104. The zero-order valence-electron chi connectivity index (χ0n) is 12.2. The number of ketones is 1. The van der Waals surface area contributed by atoms with Crippen LogP contribution in [0, 0.1) is 11.3 Å². The normalized spacial score (nSPS) is 11.4. The van der Waals surface area contributed by atoms with Crippen LogP contribution in [-0.4, -0.2) is 10.4 Å². The van der Waals surface area contributed by atoms with E-state index in [-0.39, 0.29) is 11.4 Å². The summed E-state index contributed by atoms with van der Waals surface area (Å²) in [7, 11) is 1.95. The first-order valence-corrected chi connectivity index (χ1v) is 6.96. The summed E-state index contributed by atoms with van der Waals surface area (Å²) in [6.07, 6.45) is 3.60. The predicted molar refractivity (Wildman–Crippen MR) is 87.3 cm³/mol. The molecule has 3 rings (SSSR count). The number of aromatic nitrogens is 1. The van der Waals surface area contributed by atoms with Gasteiger partial charge in [-0.2, -0.15) is 5.26 Å². The third-order valence-corrected chi connectivity index (χ3v) is 3.63. The number of Topliss-reactive ketones (excluding diaryl/α,β-unsaturated/α-hetero) is 1. The third kappa shape index (κ3) is 2.43. The number of para-hydroxylation sites is 1. The number of carbonyl (C=O) groups excluding carboxylic acids is 1. The first-order valence-electron chi connectivity index (χ1n) is 6.96. The van der Waals surface area contributed by atoms with Gasteiger partial charge in [-0.1, -0.05) is 48.5 Å². The third-order valence-electron chi connectivity index (χ3n) is 3.63. The van der Waals surface area contributed by atoms with Crippen LogP contribution in [0.1, 0.15) is 15.9 Å². The number of hydrogen-bond donors (Lipinski definition) is 0. The first kappa shape index (κ1) is 13.8. The number of rotatable bonds is 3. The van der Waals surface area contributed by atoms with E-state index in [0.29, 0.717) is 5.56 Å². The highest BCUT2D eigenvalue weighted by Gasteiger charge is 2.13. The SMILES string of the molecule is Cn1cc(C=C(C#N)C(=O)c2ccccc2)c2ccccc21. The van der Waals surface area contributed by atoms with Crippen LogP contribution in [0.25, 0.3) is 17.0 Å². The largest absolute Gasteiger partial charge is 0.350 e. The molecule has 106 valence electrons. The van der Waals surface area contributed by atoms with Gasteiger partial charge in [0.2, 0.25) is 5.78 Å². The second-order valence-electron chi connectivity index (χ2n) is 5.08. The van der Waals surface area contributed by atoms with E-state index in [0.717, 1.165) is 16.5 Å². The predicted octanol–water partition coefficient (Wildman–Crippen LogP) is 3.97. The Morgan fingerprint density at radius 1 is 1.09 bits per heavy atom. The molecule has 0 saturated carbocycles. The van der Waals surface area contributed by atoms with Crippen LogP contribution in [0.15, 0.2) is 66.4 Å². The Bertz CT molecular complexity index is 912. The quantitative estimate of drug-likeness (QED) is 0.415. The monoisotopic (exact) mass is 286 g/mol. The molecule has 3 nitrogen and oxygen atoms in total. The minimum atomic E-state index is -0.254. The summed E-state index contributed by atoms with van der Waals surface area (Å²) < 4.78 is 1.99. The Balaban J connectivity index is 2.09. The molecule has 0 radical (unpaired) electrons. The molecule has 0 aliphatic heterocycles. The van der Waals surface area contributed by atoms with Gasteiger partial charge >= 0.3 is 0 Å². The summed E-state index contributed by atoms with van der Waals surface area (Å²) in [6.45, 7) is 0. The standard InChI is InChI=1S/C19H14N2O/c1-21-13-16(17-9-5-6-10-18(17)21)11-15(12-20)19(22)14-7-3-2-4-8-14/h2-11,13H,1H3.